The van der Waals surface area contributed by atoms with Gasteiger partial charge in [0.1, 0.15) is 17.6 Å². The van der Waals surface area contributed by atoms with Crippen LogP contribution in [0.15, 0.2) is 72.8 Å². The number of amides is 2. The van der Waals surface area contributed by atoms with Crippen LogP contribution in [0.3, 0.4) is 0 Å². The van der Waals surface area contributed by atoms with E-state index in [1.165, 1.54) is 29.2 Å². The van der Waals surface area contributed by atoms with Gasteiger partial charge in [0.25, 0.3) is 5.91 Å². The van der Waals surface area contributed by atoms with E-state index < -0.39 is 23.7 Å². The molecule has 0 bridgehead atoms. The molecule has 1 heterocycles. The van der Waals surface area contributed by atoms with Crippen molar-refractivity contribution in [3.63, 3.8) is 0 Å². The lowest BCUT2D eigenvalue weighted by Gasteiger charge is -2.24. The maximum Gasteiger partial charge on any atom is 0.338 e. The molecule has 0 aliphatic carbocycles. The van der Waals surface area contributed by atoms with Crippen LogP contribution in [0.2, 0.25) is 0 Å². The van der Waals surface area contributed by atoms with Gasteiger partial charge in [-0.2, -0.15) is 0 Å². The first-order chi connectivity index (χ1) is 18.3. The first kappa shape index (κ1) is 26.7. The summed E-state index contributed by atoms with van der Waals surface area (Å²) in [6.07, 6.45) is -0.177. The van der Waals surface area contributed by atoms with Gasteiger partial charge in [0.15, 0.2) is 5.11 Å². The third-order valence-electron chi connectivity index (χ3n) is 5.97. The van der Waals surface area contributed by atoms with Crippen LogP contribution >= 0.6 is 12.2 Å². The van der Waals surface area contributed by atoms with E-state index in [1.54, 1.807) is 55.3 Å². The first-order valence-electron chi connectivity index (χ1n) is 11.9. The fourth-order valence-corrected chi connectivity index (χ4v) is 4.45. The second-order valence-corrected chi connectivity index (χ2v) is 8.84. The Morgan fingerprint density at radius 2 is 1.66 bits per heavy atom. The minimum absolute atomic E-state index is 0.177. The molecule has 10 heteroatoms. The number of ether oxygens (including phenoxy) is 2. The van der Waals surface area contributed by atoms with Gasteiger partial charge in [0, 0.05) is 12.2 Å². The molecule has 2 amide bonds. The Morgan fingerprint density at radius 3 is 2.26 bits per heavy atom. The van der Waals surface area contributed by atoms with Gasteiger partial charge in [-0.3, -0.25) is 14.5 Å². The summed E-state index contributed by atoms with van der Waals surface area (Å²) >= 11 is 5.71. The van der Waals surface area contributed by atoms with E-state index in [1.807, 2.05) is 12.1 Å². The number of carbonyl (C=O) groups is 3. The van der Waals surface area contributed by atoms with Crippen molar-refractivity contribution < 1.29 is 28.2 Å². The normalized spacial score (nSPS) is 15.0. The second kappa shape index (κ2) is 11.8. The third-order valence-corrected chi connectivity index (χ3v) is 6.39. The highest BCUT2D eigenvalue weighted by molar-refractivity contribution is 7.80. The van der Waals surface area contributed by atoms with Crippen molar-refractivity contribution in [2.75, 3.05) is 23.9 Å². The van der Waals surface area contributed by atoms with Crippen LogP contribution < -0.4 is 15.0 Å². The van der Waals surface area contributed by atoms with Crippen molar-refractivity contribution in [1.29, 1.82) is 0 Å². The molecule has 0 radical (unpaired) electrons. The van der Waals surface area contributed by atoms with Crippen LogP contribution in [0.25, 0.3) is 0 Å². The van der Waals surface area contributed by atoms with Crippen LogP contribution in [0, 0.1) is 5.82 Å². The molecule has 1 aliphatic rings. The first-order valence-corrected chi connectivity index (χ1v) is 12.3. The summed E-state index contributed by atoms with van der Waals surface area (Å²) in [5, 5.41) is 2.93. The lowest BCUT2D eigenvalue weighted by molar-refractivity contribution is -0.124. The molecule has 1 fully saturated rings. The third kappa shape index (κ3) is 5.97. The van der Waals surface area contributed by atoms with Crippen LogP contribution in [0.5, 0.6) is 5.75 Å². The highest BCUT2D eigenvalue weighted by atomic mass is 32.1. The minimum Gasteiger partial charge on any atom is -0.497 e. The Bertz CT molecular complexity index is 1330. The molecule has 0 spiro atoms. The topological polar surface area (TPSA) is 88.2 Å². The molecule has 38 heavy (non-hydrogen) atoms. The van der Waals surface area contributed by atoms with E-state index in [4.69, 9.17) is 21.7 Å². The fourth-order valence-electron chi connectivity index (χ4n) is 4.06. The van der Waals surface area contributed by atoms with Crippen molar-refractivity contribution >= 4 is 46.5 Å². The number of halogens is 1. The second-order valence-electron chi connectivity index (χ2n) is 8.47. The molecule has 1 N–H and O–H groups in total. The van der Waals surface area contributed by atoms with Gasteiger partial charge >= 0.3 is 5.97 Å². The van der Waals surface area contributed by atoms with E-state index in [0.717, 1.165) is 5.56 Å². The van der Waals surface area contributed by atoms with Gasteiger partial charge in [-0.1, -0.05) is 12.1 Å². The summed E-state index contributed by atoms with van der Waals surface area (Å²) in [4.78, 5) is 41.6. The van der Waals surface area contributed by atoms with Crippen molar-refractivity contribution in [3.8, 4) is 5.75 Å². The summed E-state index contributed by atoms with van der Waals surface area (Å²) in [6, 6.07) is 18.2. The molecular formula is C28H26FN3O5S. The molecular weight excluding hydrogens is 509 g/mol. The number of carbonyl (C=O) groups excluding carboxylic acids is 3. The Kier molecular flexibility index (Phi) is 8.32. The van der Waals surface area contributed by atoms with E-state index in [2.05, 4.69) is 5.32 Å². The molecule has 3 aromatic carbocycles. The molecule has 0 aromatic heterocycles. The Morgan fingerprint density at radius 1 is 1.00 bits per heavy atom. The summed E-state index contributed by atoms with van der Waals surface area (Å²) in [7, 11) is 1.57. The average molecular weight is 536 g/mol. The SMILES string of the molecule is CCOC(=O)c1ccc(N2C(=O)[C@@H](CC(=O)Nc3ccc(F)cc3)N(Cc3ccc(OC)cc3)C2=S)cc1. The highest BCUT2D eigenvalue weighted by Gasteiger charge is 2.44. The zero-order chi connectivity index (χ0) is 27.2. The van der Waals surface area contributed by atoms with E-state index >= 15 is 0 Å². The molecule has 196 valence electrons. The lowest BCUT2D eigenvalue weighted by atomic mass is 10.1. The minimum atomic E-state index is -0.880. The number of nitrogens with one attached hydrogen (secondary N) is 1. The molecule has 0 unspecified atom stereocenters. The van der Waals surface area contributed by atoms with Gasteiger partial charge in [-0.15, -0.1) is 0 Å². The standard InChI is InChI=1S/C28H26FN3O5S/c1-3-37-27(35)19-6-12-22(13-7-19)32-26(34)24(16-25(33)30-21-10-8-20(29)9-11-21)31(28(32)38)17-18-4-14-23(36-2)15-5-18/h4-15,24H,3,16-17H2,1-2H3,(H,30,33)/t24-/m1/s1. The van der Waals surface area contributed by atoms with Gasteiger partial charge in [0.05, 0.1) is 31.4 Å². The number of methoxy groups -OCH3 is 1. The van der Waals surface area contributed by atoms with Gasteiger partial charge in [-0.25, -0.2) is 9.18 Å². The summed E-state index contributed by atoms with van der Waals surface area (Å²) in [5.74, 6) is -0.994. The molecule has 3 aromatic rings. The van der Waals surface area contributed by atoms with Crippen LogP contribution in [0.4, 0.5) is 15.8 Å². The van der Waals surface area contributed by atoms with Gasteiger partial charge in [0.2, 0.25) is 5.91 Å². The van der Waals surface area contributed by atoms with Crippen molar-refractivity contribution in [1.82, 2.24) is 4.90 Å². The fraction of sp³-hybridized carbons (Fsp3) is 0.214. The van der Waals surface area contributed by atoms with E-state index in [9.17, 15) is 18.8 Å². The quantitative estimate of drug-likeness (QED) is 0.318. The summed E-state index contributed by atoms with van der Waals surface area (Å²) in [6.45, 7) is 2.25. The monoisotopic (exact) mass is 535 g/mol. The summed E-state index contributed by atoms with van der Waals surface area (Å²) < 4.78 is 23.5. The average Bonchev–Trinajstić information content (AvgIpc) is 3.14. The molecule has 1 saturated heterocycles. The molecule has 8 nitrogen and oxygen atoms in total. The van der Waals surface area contributed by atoms with Crippen molar-refractivity contribution in [2.45, 2.75) is 25.9 Å². The largest absolute Gasteiger partial charge is 0.497 e. The number of esters is 1. The van der Waals surface area contributed by atoms with Gasteiger partial charge in [-0.05, 0) is 85.4 Å². The van der Waals surface area contributed by atoms with Crippen LogP contribution in [-0.4, -0.2) is 47.6 Å². The van der Waals surface area contributed by atoms with E-state index in [-0.39, 0.29) is 30.6 Å². The van der Waals surface area contributed by atoms with E-state index in [0.29, 0.717) is 22.7 Å². The number of hydrogen-bond donors (Lipinski definition) is 1. The number of hydrogen-bond acceptors (Lipinski definition) is 6. The Hall–Kier alpha value is -4.31. The smallest absolute Gasteiger partial charge is 0.338 e. The van der Waals surface area contributed by atoms with Crippen molar-refractivity contribution in [3.05, 3.63) is 89.7 Å². The predicted octanol–water partition coefficient (Wildman–Crippen LogP) is 4.54. The predicted molar refractivity (Wildman–Crippen MR) is 144 cm³/mol. The lowest BCUT2D eigenvalue weighted by Crippen LogP contribution is -2.37. The zero-order valence-corrected chi connectivity index (χ0v) is 21.7. The highest BCUT2D eigenvalue weighted by Crippen LogP contribution is 2.29. The van der Waals surface area contributed by atoms with Crippen LogP contribution in [-0.2, 0) is 20.9 Å². The van der Waals surface area contributed by atoms with Gasteiger partial charge < -0.3 is 19.7 Å². The van der Waals surface area contributed by atoms with Crippen molar-refractivity contribution in [2.24, 2.45) is 0 Å². The molecule has 1 atom stereocenters. The number of thiocarbonyl (C=S) groups is 1. The maximum atomic E-state index is 13.6. The number of rotatable bonds is 9. The molecule has 4 rings (SSSR count). The zero-order valence-electron chi connectivity index (χ0n) is 20.8. The van der Waals surface area contributed by atoms with Crippen LogP contribution in [0.1, 0.15) is 29.3 Å². The number of benzene rings is 3. The molecule has 1 aliphatic heterocycles. The maximum absolute atomic E-state index is 13.6. The number of nitrogens with zero attached hydrogens (tertiary/aromatic N) is 2. The number of anilines is 2. The Balaban J connectivity index is 1.59. The molecule has 0 saturated carbocycles. The summed E-state index contributed by atoms with van der Waals surface area (Å²) in [5.41, 5.74) is 2.09. The Labute approximate surface area is 224 Å².